The van der Waals surface area contributed by atoms with E-state index in [0.717, 1.165) is 11.1 Å². The highest BCUT2D eigenvalue weighted by atomic mass is 16.5. The molecule has 3 aromatic rings. The maximum atomic E-state index is 5.78. The molecule has 0 saturated heterocycles. The molecule has 2 aromatic carbocycles. The summed E-state index contributed by atoms with van der Waals surface area (Å²) in [5.41, 5.74) is 2.27. The van der Waals surface area contributed by atoms with Gasteiger partial charge in [-0.05, 0) is 38.1 Å². The summed E-state index contributed by atoms with van der Waals surface area (Å²) >= 11 is 0. The topological polar surface area (TPSA) is 66.4 Å². The van der Waals surface area contributed by atoms with Crippen molar-refractivity contribution in [1.29, 1.82) is 0 Å². The second-order valence-electron chi connectivity index (χ2n) is 5.24. The van der Waals surface area contributed by atoms with Gasteiger partial charge in [0.15, 0.2) is 0 Å². The molecule has 0 saturated carbocycles. The highest BCUT2D eigenvalue weighted by Crippen LogP contribution is 2.31. The van der Waals surface area contributed by atoms with Gasteiger partial charge in [0.25, 0.3) is 5.88 Å². The monoisotopic (exact) mass is 323 g/mol. The molecule has 0 N–H and O–H groups in total. The van der Waals surface area contributed by atoms with Gasteiger partial charge in [-0.25, -0.2) is 0 Å². The lowest BCUT2D eigenvalue weighted by Crippen LogP contribution is -2.01. The van der Waals surface area contributed by atoms with E-state index in [2.05, 4.69) is 15.2 Å². The molecule has 1 heterocycles. The number of hydrogen-bond donors (Lipinski definition) is 0. The maximum absolute atomic E-state index is 5.78. The van der Waals surface area contributed by atoms with Gasteiger partial charge in [0.1, 0.15) is 11.5 Å². The molecule has 0 aliphatic carbocycles. The van der Waals surface area contributed by atoms with E-state index in [4.69, 9.17) is 14.2 Å². The highest BCUT2D eigenvalue weighted by Gasteiger charge is 2.15. The molecule has 6 nitrogen and oxygen atoms in total. The van der Waals surface area contributed by atoms with Crippen LogP contribution in [0.2, 0.25) is 0 Å². The van der Waals surface area contributed by atoms with Crippen LogP contribution in [0.1, 0.15) is 11.1 Å². The van der Waals surface area contributed by atoms with Crippen molar-refractivity contribution in [1.82, 2.24) is 15.2 Å². The second-order valence-corrected chi connectivity index (χ2v) is 5.24. The van der Waals surface area contributed by atoms with Crippen LogP contribution in [0, 0.1) is 13.8 Å². The van der Waals surface area contributed by atoms with E-state index in [1.54, 1.807) is 0 Å². The van der Waals surface area contributed by atoms with Crippen molar-refractivity contribution in [3.05, 3.63) is 59.7 Å². The Labute approximate surface area is 140 Å². The average molecular weight is 323 g/mol. The molecule has 0 bridgehead atoms. The van der Waals surface area contributed by atoms with Crippen LogP contribution in [-0.2, 0) is 0 Å². The van der Waals surface area contributed by atoms with Crippen molar-refractivity contribution in [3.63, 3.8) is 0 Å². The van der Waals surface area contributed by atoms with E-state index >= 15 is 0 Å². The largest absolute Gasteiger partial charge is 0.466 e. The minimum absolute atomic E-state index is 0.105. The van der Waals surface area contributed by atoms with Crippen LogP contribution in [0.25, 0.3) is 0 Å². The molecule has 0 unspecified atom stereocenters. The van der Waals surface area contributed by atoms with Gasteiger partial charge < -0.3 is 14.2 Å². The van der Waals surface area contributed by atoms with Gasteiger partial charge in [0.2, 0.25) is 0 Å². The standard InChI is InChI=1S/C18H17N3O3/c1-12-4-8-14(9-5-12)23-16-17(20-21-18(19-16)22-3)24-15-10-6-13(2)7-11-15/h4-11H,1-3H3. The molecule has 0 aliphatic heterocycles. The number of nitrogens with zero attached hydrogens (tertiary/aromatic N) is 3. The summed E-state index contributed by atoms with van der Waals surface area (Å²) in [5.74, 6) is 1.60. The van der Waals surface area contributed by atoms with Gasteiger partial charge in [0.05, 0.1) is 7.11 Å². The zero-order chi connectivity index (χ0) is 16.9. The summed E-state index contributed by atoms with van der Waals surface area (Å²) in [6, 6.07) is 15.3. The third kappa shape index (κ3) is 3.78. The lowest BCUT2D eigenvalue weighted by Gasteiger charge is -2.10. The van der Waals surface area contributed by atoms with E-state index in [9.17, 15) is 0 Å². The summed E-state index contributed by atoms with van der Waals surface area (Å²) in [4.78, 5) is 4.18. The molecule has 0 atom stereocenters. The van der Waals surface area contributed by atoms with Crippen molar-refractivity contribution in [3.8, 4) is 29.3 Å². The lowest BCUT2D eigenvalue weighted by atomic mass is 10.2. The molecular formula is C18H17N3O3. The van der Waals surface area contributed by atoms with Gasteiger partial charge in [-0.3, -0.25) is 0 Å². The fourth-order valence-electron chi connectivity index (χ4n) is 1.94. The van der Waals surface area contributed by atoms with E-state index in [0.29, 0.717) is 11.5 Å². The zero-order valence-corrected chi connectivity index (χ0v) is 13.7. The first-order valence-electron chi connectivity index (χ1n) is 7.42. The van der Waals surface area contributed by atoms with Gasteiger partial charge in [-0.15, -0.1) is 5.10 Å². The summed E-state index contributed by atoms with van der Waals surface area (Å²) < 4.78 is 16.5. The predicted octanol–water partition coefficient (Wildman–Crippen LogP) is 4.08. The van der Waals surface area contributed by atoms with Crippen molar-refractivity contribution >= 4 is 0 Å². The highest BCUT2D eigenvalue weighted by molar-refractivity contribution is 5.37. The Kier molecular flexibility index (Phi) is 4.56. The number of aromatic nitrogens is 3. The van der Waals surface area contributed by atoms with Gasteiger partial charge in [-0.2, -0.15) is 4.98 Å². The minimum Gasteiger partial charge on any atom is -0.466 e. The average Bonchev–Trinajstić information content (AvgIpc) is 2.60. The molecule has 0 amide bonds. The SMILES string of the molecule is COc1nnc(Oc2ccc(C)cc2)c(Oc2ccc(C)cc2)n1. The van der Waals surface area contributed by atoms with Crippen molar-refractivity contribution in [2.45, 2.75) is 13.8 Å². The van der Waals surface area contributed by atoms with Gasteiger partial charge in [0, 0.05) is 0 Å². The number of hydrogen-bond acceptors (Lipinski definition) is 6. The van der Waals surface area contributed by atoms with Crippen LogP contribution in [0.4, 0.5) is 0 Å². The van der Waals surface area contributed by atoms with Crippen molar-refractivity contribution in [2.75, 3.05) is 7.11 Å². The number of ether oxygens (including phenoxy) is 3. The third-order valence-corrected chi connectivity index (χ3v) is 3.26. The molecule has 24 heavy (non-hydrogen) atoms. The number of rotatable bonds is 5. The molecule has 6 heteroatoms. The smallest absolute Gasteiger partial charge is 0.338 e. The van der Waals surface area contributed by atoms with E-state index in [1.807, 2.05) is 62.4 Å². The molecule has 0 aliphatic rings. The normalized spacial score (nSPS) is 10.3. The van der Waals surface area contributed by atoms with Gasteiger partial charge in [-0.1, -0.05) is 40.5 Å². The van der Waals surface area contributed by atoms with Gasteiger partial charge >= 0.3 is 11.9 Å². The van der Waals surface area contributed by atoms with Crippen LogP contribution in [0.5, 0.6) is 29.3 Å². The fourth-order valence-corrected chi connectivity index (χ4v) is 1.94. The lowest BCUT2D eigenvalue weighted by molar-refractivity contribution is 0.336. The molecule has 3 rings (SSSR count). The minimum atomic E-state index is 0.105. The van der Waals surface area contributed by atoms with Crippen molar-refractivity contribution < 1.29 is 14.2 Å². The molecule has 122 valence electrons. The van der Waals surface area contributed by atoms with Crippen LogP contribution in [0.15, 0.2) is 48.5 Å². The number of aryl methyl sites for hydroxylation is 2. The van der Waals surface area contributed by atoms with E-state index in [-0.39, 0.29) is 17.8 Å². The first-order valence-corrected chi connectivity index (χ1v) is 7.42. The first kappa shape index (κ1) is 15.7. The third-order valence-electron chi connectivity index (χ3n) is 3.26. The van der Waals surface area contributed by atoms with E-state index < -0.39 is 0 Å². The fraction of sp³-hybridized carbons (Fsp3) is 0.167. The Morgan fingerprint density at radius 2 is 1.17 bits per heavy atom. The van der Waals surface area contributed by atoms with Crippen LogP contribution in [0.3, 0.4) is 0 Å². The summed E-state index contributed by atoms with van der Waals surface area (Å²) in [7, 11) is 1.47. The Balaban J connectivity index is 1.90. The predicted molar refractivity (Wildman–Crippen MR) is 88.9 cm³/mol. The molecular weight excluding hydrogens is 306 g/mol. The summed E-state index contributed by atoms with van der Waals surface area (Å²) in [6.07, 6.45) is 0. The van der Waals surface area contributed by atoms with E-state index in [1.165, 1.54) is 7.11 Å². The van der Waals surface area contributed by atoms with Crippen LogP contribution < -0.4 is 14.2 Å². The molecule has 1 aromatic heterocycles. The first-order chi connectivity index (χ1) is 11.6. The number of benzene rings is 2. The summed E-state index contributed by atoms with van der Waals surface area (Å²) in [6.45, 7) is 4.01. The Morgan fingerprint density at radius 1 is 0.667 bits per heavy atom. The number of methoxy groups -OCH3 is 1. The Bertz CT molecular complexity index is 818. The van der Waals surface area contributed by atoms with Crippen LogP contribution in [-0.4, -0.2) is 22.3 Å². The molecule has 0 spiro atoms. The zero-order valence-electron chi connectivity index (χ0n) is 13.7. The molecule has 0 radical (unpaired) electrons. The maximum Gasteiger partial charge on any atom is 0.338 e. The molecule has 0 fully saturated rings. The Hall–Kier alpha value is -3.15. The van der Waals surface area contributed by atoms with Crippen molar-refractivity contribution in [2.24, 2.45) is 0 Å². The quantitative estimate of drug-likeness (QED) is 0.705. The van der Waals surface area contributed by atoms with Crippen LogP contribution >= 0.6 is 0 Å². The Morgan fingerprint density at radius 3 is 1.67 bits per heavy atom. The summed E-state index contributed by atoms with van der Waals surface area (Å²) in [5, 5.41) is 7.84. The second kappa shape index (κ2) is 6.95.